The van der Waals surface area contributed by atoms with Crippen LogP contribution in [0.1, 0.15) is 40.2 Å². The Labute approximate surface area is 206 Å². The first-order chi connectivity index (χ1) is 17.2. The average molecular weight is 463 g/mol. The summed E-state index contributed by atoms with van der Waals surface area (Å²) < 4.78 is 0. The Bertz CT molecular complexity index is 1250. The van der Waals surface area contributed by atoms with Crippen molar-refractivity contribution >= 4 is 22.6 Å². The summed E-state index contributed by atoms with van der Waals surface area (Å²) in [5.41, 5.74) is 3.11. The van der Waals surface area contributed by atoms with Gasteiger partial charge in [0.05, 0.1) is 0 Å². The smallest absolute Gasteiger partial charge is 0.254 e. The van der Waals surface area contributed by atoms with Crippen molar-refractivity contribution in [2.24, 2.45) is 5.92 Å². The Morgan fingerprint density at radius 1 is 0.743 bits per heavy atom. The predicted molar refractivity (Wildman–Crippen MR) is 140 cm³/mol. The van der Waals surface area contributed by atoms with E-state index in [1.165, 1.54) is 11.1 Å². The number of amides is 2. The van der Waals surface area contributed by atoms with E-state index in [1.807, 2.05) is 83.8 Å². The van der Waals surface area contributed by atoms with Gasteiger partial charge in [0.2, 0.25) is 5.91 Å². The summed E-state index contributed by atoms with van der Waals surface area (Å²) in [5, 5.41) is 5.25. The van der Waals surface area contributed by atoms with E-state index in [0.717, 1.165) is 16.3 Å². The maximum absolute atomic E-state index is 13.2. The fourth-order valence-corrected chi connectivity index (χ4v) is 5.07. The molecule has 1 fully saturated rings. The molecule has 5 rings (SSSR count). The van der Waals surface area contributed by atoms with E-state index < -0.39 is 0 Å². The van der Waals surface area contributed by atoms with Crippen molar-refractivity contribution in [2.75, 3.05) is 19.6 Å². The molecule has 4 aromatic rings. The number of hydrogen-bond acceptors (Lipinski definition) is 2. The maximum Gasteiger partial charge on any atom is 0.254 e. The molecule has 0 radical (unpaired) electrons. The first-order valence-electron chi connectivity index (χ1n) is 12.4. The molecule has 0 atom stereocenters. The SMILES string of the molecule is O=C(NCC(c1ccccc1)c1ccccc1)C1CCN(C(=O)c2cccc3ccccc23)CC1. The summed E-state index contributed by atoms with van der Waals surface area (Å²) in [4.78, 5) is 28.2. The number of nitrogens with zero attached hydrogens (tertiary/aromatic N) is 1. The predicted octanol–water partition coefficient (Wildman–Crippen LogP) is 5.64. The Morgan fingerprint density at radius 2 is 1.31 bits per heavy atom. The molecule has 0 saturated carbocycles. The third-order valence-corrected chi connectivity index (χ3v) is 7.06. The number of hydrogen-bond donors (Lipinski definition) is 1. The van der Waals surface area contributed by atoms with Crippen LogP contribution in [0.2, 0.25) is 0 Å². The molecule has 2 amide bonds. The van der Waals surface area contributed by atoms with E-state index in [1.54, 1.807) is 0 Å². The van der Waals surface area contributed by atoms with Gasteiger partial charge < -0.3 is 10.2 Å². The van der Waals surface area contributed by atoms with Crippen LogP contribution in [0.3, 0.4) is 0 Å². The Balaban J connectivity index is 1.21. The minimum absolute atomic E-state index is 0.0499. The highest BCUT2D eigenvalue weighted by Gasteiger charge is 2.29. The topological polar surface area (TPSA) is 49.4 Å². The maximum atomic E-state index is 13.2. The molecule has 4 aromatic carbocycles. The van der Waals surface area contributed by atoms with E-state index in [4.69, 9.17) is 0 Å². The van der Waals surface area contributed by atoms with Crippen LogP contribution in [-0.4, -0.2) is 36.3 Å². The monoisotopic (exact) mass is 462 g/mol. The van der Waals surface area contributed by atoms with Gasteiger partial charge in [0.25, 0.3) is 5.91 Å². The molecule has 1 aliphatic heterocycles. The molecule has 0 aromatic heterocycles. The van der Waals surface area contributed by atoms with E-state index in [-0.39, 0.29) is 23.7 Å². The molecule has 1 heterocycles. The van der Waals surface area contributed by atoms with E-state index in [2.05, 4.69) is 29.6 Å². The van der Waals surface area contributed by atoms with Crippen LogP contribution in [0.25, 0.3) is 10.8 Å². The van der Waals surface area contributed by atoms with Crippen LogP contribution >= 0.6 is 0 Å². The Kier molecular flexibility index (Phi) is 6.89. The summed E-state index contributed by atoms with van der Waals surface area (Å²) in [6.07, 6.45) is 1.37. The zero-order valence-corrected chi connectivity index (χ0v) is 19.8. The lowest BCUT2D eigenvalue weighted by Gasteiger charge is -2.32. The molecule has 1 N–H and O–H groups in total. The highest BCUT2D eigenvalue weighted by atomic mass is 16.2. The molecule has 4 nitrogen and oxygen atoms in total. The van der Waals surface area contributed by atoms with Crippen molar-refractivity contribution in [1.82, 2.24) is 10.2 Å². The largest absolute Gasteiger partial charge is 0.355 e. The van der Waals surface area contributed by atoms with E-state index in [9.17, 15) is 9.59 Å². The Morgan fingerprint density at radius 3 is 1.97 bits per heavy atom. The molecule has 0 aliphatic carbocycles. The van der Waals surface area contributed by atoms with Gasteiger partial charge in [-0.2, -0.15) is 0 Å². The van der Waals surface area contributed by atoms with E-state index >= 15 is 0 Å². The van der Waals surface area contributed by atoms with Crippen molar-refractivity contribution in [3.8, 4) is 0 Å². The molecule has 0 bridgehead atoms. The number of carbonyl (C=O) groups excluding carboxylic acids is 2. The molecule has 176 valence electrons. The summed E-state index contributed by atoms with van der Waals surface area (Å²) >= 11 is 0. The zero-order valence-electron chi connectivity index (χ0n) is 19.8. The minimum atomic E-state index is -0.0706. The van der Waals surface area contributed by atoms with Gasteiger partial charge >= 0.3 is 0 Å². The van der Waals surface area contributed by atoms with Crippen molar-refractivity contribution < 1.29 is 9.59 Å². The quantitative estimate of drug-likeness (QED) is 0.403. The van der Waals surface area contributed by atoms with Gasteiger partial charge in [-0.05, 0) is 40.8 Å². The first-order valence-corrected chi connectivity index (χ1v) is 12.4. The summed E-state index contributed by atoms with van der Waals surface area (Å²) in [7, 11) is 0. The van der Waals surface area contributed by atoms with E-state index in [0.29, 0.717) is 32.5 Å². The second-order valence-electron chi connectivity index (χ2n) is 9.21. The van der Waals surface area contributed by atoms with Crippen molar-refractivity contribution in [2.45, 2.75) is 18.8 Å². The molecular weight excluding hydrogens is 432 g/mol. The normalized spacial score (nSPS) is 14.3. The zero-order chi connectivity index (χ0) is 24.0. The summed E-state index contributed by atoms with van der Waals surface area (Å²) in [6.45, 7) is 1.75. The summed E-state index contributed by atoms with van der Waals surface area (Å²) in [6, 6.07) is 34.5. The molecular formula is C31H30N2O2. The van der Waals surface area contributed by atoms with Gasteiger partial charge in [-0.15, -0.1) is 0 Å². The number of nitrogens with one attached hydrogen (secondary N) is 1. The fourth-order valence-electron chi connectivity index (χ4n) is 5.07. The number of fused-ring (bicyclic) bond motifs is 1. The highest BCUT2D eigenvalue weighted by Crippen LogP contribution is 2.26. The Hall–Kier alpha value is -3.92. The molecule has 0 unspecified atom stereocenters. The third kappa shape index (κ3) is 5.12. The van der Waals surface area contributed by atoms with Crippen LogP contribution in [0.15, 0.2) is 103 Å². The van der Waals surface area contributed by atoms with Gasteiger partial charge in [-0.25, -0.2) is 0 Å². The van der Waals surface area contributed by atoms with Crippen molar-refractivity contribution in [3.05, 3.63) is 120 Å². The number of likely N-dealkylation sites (tertiary alicyclic amines) is 1. The molecule has 1 saturated heterocycles. The van der Waals surface area contributed by atoms with Crippen LogP contribution < -0.4 is 5.32 Å². The van der Waals surface area contributed by atoms with Crippen LogP contribution in [0.4, 0.5) is 0 Å². The van der Waals surface area contributed by atoms with Crippen molar-refractivity contribution in [1.29, 1.82) is 0 Å². The standard InChI is InChI=1S/C31H30N2O2/c34-30(32-22-29(24-10-3-1-4-11-24)25-12-5-2-6-13-25)26-18-20-33(21-19-26)31(35)28-17-9-15-23-14-7-8-16-27(23)28/h1-17,26,29H,18-22H2,(H,32,34). The molecule has 0 spiro atoms. The number of piperidine rings is 1. The summed E-state index contributed by atoms with van der Waals surface area (Å²) in [5.74, 6) is 0.168. The van der Waals surface area contributed by atoms with Crippen LogP contribution in [-0.2, 0) is 4.79 Å². The van der Waals surface area contributed by atoms with Crippen LogP contribution in [0, 0.1) is 5.92 Å². The lowest BCUT2D eigenvalue weighted by molar-refractivity contribution is -0.126. The molecule has 4 heteroatoms. The first kappa shape index (κ1) is 22.9. The van der Waals surface area contributed by atoms with Crippen molar-refractivity contribution in [3.63, 3.8) is 0 Å². The molecule has 1 aliphatic rings. The van der Waals surface area contributed by atoms with Gasteiger partial charge in [0, 0.05) is 37.0 Å². The number of rotatable bonds is 6. The molecule has 35 heavy (non-hydrogen) atoms. The lowest BCUT2D eigenvalue weighted by Crippen LogP contribution is -2.43. The number of benzene rings is 4. The van der Waals surface area contributed by atoms with Gasteiger partial charge in [0.15, 0.2) is 0 Å². The van der Waals surface area contributed by atoms with Crippen LogP contribution in [0.5, 0.6) is 0 Å². The van der Waals surface area contributed by atoms with Gasteiger partial charge in [0.1, 0.15) is 0 Å². The number of carbonyl (C=O) groups is 2. The minimum Gasteiger partial charge on any atom is -0.355 e. The van der Waals surface area contributed by atoms with Gasteiger partial charge in [-0.1, -0.05) is 97.1 Å². The third-order valence-electron chi connectivity index (χ3n) is 7.06. The lowest BCUT2D eigenvalue weighted by atomic mass is 9.90. The second kappa shape index (κ2) is 10.6. The average Bonchev–Trinajstić information content (AvgIpc) is 2.93. The fraction of sp³-hybridized carbons (Fsp3) is 0.226. The second-order valence-corrected chi connectivity index (χ2v) is 9.21. The van der Waals surface area contributed by atoms with Gasteiger partial charge in [-0.3, -0.25) is 9.59 Å². The highest BCUT2D eigenvalue weighted by molar-refractivity contribution is 6.07.